The second-order valence-corrected chi connectivity index (χ2v) is 26.1. The molecule has 0 saturated carbocycles. The first-order valence-corrected chi connectivity index (χ1v) is 21.6. The van der Waals surface area contributed by atoms with Gasteiger partial charge in [0, 0.05) is 12.8 Å². The molecule has 0 aromatic rings. The van der Waals surface area contributed by atoms with Gasteiger partial charge in [-0.3, -0.25) is 0 Å². The molecule has 3 heterocycles. The third-order valence-corrected chi connectivity index (χ3v) is 19.8. The summed E-state index contributed by atoms with van der Waals surface area (Å²) >= 11 is 0. The van der Waals surface area contributed by atoms with Crippen LogP contribution in [0.25, 0.3) is 0 Å². The van der Waals surface area contributed by atoms with Gasteiger partial charge < -0.3 is 28.2 Å². The SMILES string of the molecule is C/C=C\CC[C@@H]1O[C@@H]2C[C@@H]3O[C@H](CO[Si](C)(C)C(C)(C)C)[C@@](C)(O[Si](C)(C)C(C)(C)C)C=C[C@H]3O[C@@]2(C)C[C@@]1(C)O. The molecule has 2 fully saturated rings. The van der Waals surface area contributed by atoms with E-state index in [2.05, 4.69) is 106 Å². The molecule has 238 valence electrons. The Morgan fingerprint density at radius 3 is 2.12 bits per heavy atom. The molecule has 0 bridgehead atoms. The van der Waals surface area contributed by atoms with Crippen molar-refractivity contribution in [1.82, 2.24) is 0 Å². The number of allylic oxidation sites excluding steroid dienone is 2. The van der Waals surface area contributed by atoms with E-state index in [4.69, 9.17) is 23.1 Å². The number of aliphatic hydroxyl groups is 1. The van der Waals surface area contributed by atoms with Gasteiger partial charge in [0.25, 0.3) is 0 Å². The zero-order valence-electron chi connectivity index (χ0n) is 28.7. The number of hydrogen-bond acceptors (Lipinski definition) is 6. The summed E-state index contributed by atoms with van der Waals surface area (Å²) in [5.74, 6) is 0. The predicted octanol–water partition coefficient (Wildman–Crippen LogP) is 7.92. The molecular formula is C33H62O6Si2. The highest BCUT2D eigenvalue weighted by Gasteiger charge is 2.58. The van der Waals surface area contributed by atoms with E-state index >= 15 is 0 Å². The van der Waals surface area contributed by atoms with Crippen LogP contribution in [0.3, 0.4) is 0 Å². The van der Waals surface area contributed by atoms with Crippen molar-refractivity contribution in [2.45, 2.75) is 179 Å². The Bertz CT molecular complexity index is 962. The molecule has 0 aromatic carbocycles. The highest BCUT2D eigenvalue weighted by Crippen LogP contribution is 2.48. The number of rotatable bonds is 8. The molecular weight excluding hydrogens is 549 g/mol. The summed E-state index contributed by atoms with van der Waals surface area (Å²) in [6, 6.07) is 0. The Hall–Kier alpha value is -0.326. The van der Waals surface area contributed by atoms with Crippen molar-refractivity contribution in [3.63, 3.8) is 0 Å². The first-order chi connectivity index (χ1) is 18.5. The van der Waals surface area contributed by atoms with Crippen LogP contribution < -0.4 is 0 Å². The molecule has 8 heteroatoms. The Morgan fingerprint density at radius 1 is 0.951 bits per heavy atom. The molecule has 0 aromatic heterocycles. The molecule has 41 heavy (non-hydrogen) atoms. The molecule has 8 atom stereocenters. The van der Waals surface area contributed by atoms with Gasteiger partial charge in [0.2, 0.25) is 0 Å². The van der Waals surface area contributed by atoms with Crippen molar-refractivity contribution < 1.29 is 28.2 Å². The third-order valence-electron chi connectivity index (χ3n) is 10.7. The fourth-order valence-corrected chi connectivity index (χ4v) is 8.52. The highest BCUT2D eigenvalue weighted by atomic mass is 28.4. The topological polar surface area (TPSA) is 66.4 Å². The number of fused-ring (bicyclic) bond motifs is 2. The van der Waals surface area contributed by atoms with E-state index in [1.54, 1.807) is 0 Å². The maximum atomic E-state index is 11.4. The minimum atomic E-state index is -2.16. The Morgan fingerprint density at radius 2 is 1.56 bits per heavy atom. The predicted molar refractivity (Wildman–Crippen MR) is 173 cm³/mol. The monoisotopic (exact) mass is 610 g/mol. The van der Waals surface area contributed by atoms with Crippen LogP contribution in [-0.2, 0) is 23.1 Å². The zero-order valence-corrected chi connectivity index (χ0v) is 30.7. The van der Waals surface area contributed by atoms with Crippen LogP contribution in [-0.4, -0.2) is 75.7 Å². The standard InChI is InChI=1S/C33H62O6Si2/c1-15-16-17-18-26-31(8,34)23-33(10)27(37-26)21-25-24(38-33)19-20-32(9,39-41(13,14)30(5,6)7)28(36-25)22-35-40(11,12)29(2,3)4/h15-16,19-20,24-28,34H,17-18,21-23H2,1-14H3/b16-15-/t24-,25+,26+,27-,28-,31-,32+,33+/m1/s1. The van der Waals surface area contributed by atoms with Gasteiger partial charge in [-0.25, -0.2) is 0 Å². The van der Waals surface area contributed by atoms with Crippen molar-refractivity contribution in [2.75, 3.05) is 6.61 Å². The lowest BCUT2D eigenvalue weighted by molar-refractivity contribution is -0.307. The minimum Gasteiger partial charge on any atom is -0.414 e. The van der Waals surface area contributed by atoms with E-state index in [9.17, 15) is 5.11 Å². The average Bonchev–Trinajstić information content (AvgIpc) is 2.90. The van der Waals surface area contributed by atoms with Gasteiger partial charge in [-0.15, -0.1) is 0 Å². The summed E-state index contributed by atoms with van der Waals surface area (Å²) in [6.45, 7) is 31.4. The van der Waals surface area contributed by atoms with Crippen molar-refractivity contribution >= 4 is 16.6 Å². The highest BCUT2D eigenvalue weighted by molar-refractivity contribution is 6.74. The van der Waals surface area contributed by atoms with Crippen LogP contribution in [0.2, 0.25) is 36.3 Å². The molecule has 3 rings (SSSR count). The molecule has 0 unspecified atom stereocenters. The van der Waals surface area contributed by atoms with Crippen LogP contribution in [0.4, 0.5) is 0 Å². The van der Waals surface area contributed by atoms with Gasteiger partial charge >= 0.3 is 0 Å². The number of hydrogen-bond donors (Lipinski definition) is 1. The Kier molecular flexibility index (Phi) is 10.2. The van der Waals surface area contributed by atoms with Crippen LogP contribution >= 0.6 is 0 Å². The van der Waals surface area contributed by atoms with E-state index in [0.29, 0.717) is 19.4 Å². The second-order valence-electron chi connectivity index (χ2n) is 16.6. The smallest absolute Gasteiger partial charge is 0.193 e. The maximum Gasteiger partial charge on any atom is 0.193 e. The fourth-order valence-electron chi connectivity index (χ4n) is 5.92. The molecule has 0 amide bonds. The van der Waals surface area contributed by atoms with Crippen molar-refractivity contribution in [3.8, 4) is 0 Å². The molecule has 6 nitrogen and oxygen atoms in total. The largest absolute Gasteiger partial charge is 0.414 e. The third kappa shape index (κ3) is 7.67. The quantitative estimate of drug-likeness (QED) is 0.222. The maximum absolute atomic E-state index is 11.4. The summed E-state index contributed by atoms with van der Waals surface area (Å²) in [7, 11) is -4.18. The van der Waals surface area contributed by atoms with Crippen molar-refractivity contribution in [3.05, 3.63) is 24.3 Å². The lowest BCUT2D eigenvalue weighted by atomic mass is 9.74. The summed E-state index contributed by atoms with van der Waals surface area (Å²) in [6.07, 6.45) is 10.3. The van der Waals surface area contributed by atoms with E-state index < -0.39 is 33.4 Å². The van der Waals surface area contributed by atoms with Crippen LogP contribution in [0, 0.1) is 0 Å². The van der Waals surface area contributed by atoms with Gasteiger partial charge in [0.1, 0.15) is 17.8 Å². The van der Waals surface area contributed by atoms with Gasteiger partial charge in [0.15, 0.2) is 16.6 Å². The van der Waals surface area contributed by atoms with E-state index in [1.807, 2.05) is 13.8 Å². The van der Waals surface area contributed by atoms with Gasteiger partial charge in [-0.05, 0) is 76.8 Å². The normalized spacial score (nSPS) is 39.0. The number of ether oxygens (including phenoxy) is 3. The molecule has 3 aliphatic heterocycles. The zero-order chi connectivity index (χ0) is 31.3. The van der Waals surface area contributed by atoms with Crippen LogP contribution in [0.15, 0.2) is 24.3 Å². The van der Waals surface area contributed by atoms with Gasteiger partial charge in [0.05, 0.1) is 36.1 Å². The molecule has 0 spiro atoms. The van der Waals surface area contributed by atoms with Crippen molar-refractivity contribution in [2.24, 2.45) is 0 Å². The summed E-state index contributed by atoms with van der Waals surface area (Å²) < 4.78 is 34.5. The summed E-state index contributed by atoms with van der Waals surface area (Å²) in [4.78, 5) is 0. The Labute approximate surface area is 253 Å². The summed E-state index contributed by atoms with van der Waals surface area (Å²) in [5, 5.41) is 11.6. The van der Waals surface area contributed by atoms with Crippen LogP contribution in [0.1, 0.15) is 94.9 Å². The lowest BCUT2D eigenvalue weighted by Gasteiger charge is -2.55. The summed E-state index contributed by atoms with van der Waals surface area (Å²) in [5.41, 5.74) is -2.24. The first-order valence-electron chi connectivity index (χ1n) is 15.8. The molecule has 2 saturated heterocycles. The molecule has 3 aliphatic rings. The van der Waals surface area contributed by atoms with Gasteiger partial charge in [-0.2, -0.15) is 0 Å². The van der Waals surface area contributed by atoms with E-state index in [0.717, 1.165) is 12.8 Å². The second kappa shape index (κ2) is 11.9. The van der Waals surface area contributed by atoms with Crippen molar-refractivity contribution in [1.29, 1.82) is 0 Å². The lowest BCUT2D eigenvalue weighted by Crippen LogP contribution is -2.66. The molecule has 0 radical (unpaired) electrons. The minimum absolute atomic E-state index is 0.0497. The fraction of sp³-hybridized carbons (Fsp3) is 0.879. The van der Waals surface area contributed by atoms with E-state index in [-0.39, 0.29) is 40.6 Å². The van der Waals surface area contributed by atoms with Gasteiger partial charge in [-0.1, -0.05) is 65.8 Å². The first kappa shape index (κ1) is 35.2. The van der Waals surface area contributed by atoms with Crippen LogP contribution in [0.5, 0.6) is 0 Å². The Balaban J connectivity index is 1.93. The molecule has 1 N–H and O–H groups in total. The molecule has 0 aliphatic carbocycles. The van der Waals surface area contributed by atoms with E-state index in [1.165, 1.54) is 0 Å². The average molecular weight is 611 g/mol.